The molecule has 1 amide bonds. The Morgan fingerprint density at radius 2 is 1.80 bits per heavy atom. The zero-order valence-corrected chi connectivity index (χ0v) is 19.7. The van der Waals surface area contributed by atoms with E-state index in [9.17, 15) is 13.2 Å². The fourth-order valence-corrected chi connectivity index (χ4v) is 5.76. The number of benzene rings is 1. The average molecular weight is 464 g/mol. The number of rotatable bonds is 8. The lowest BCUT2D eigenvalue weighted by atomic mass is 10.1. The van der Waals surface area contributed by atoms with Crippen LogP contribution in [-0.2, 0) is 21.4 Å². The number of thiazole rings is 1. The second-order valence-corrected chi connectivity index (χ2v) is 11.3. The zero-order chi connectivity index (χ0) is 21.9. The fourth-order valence-electron chi connectivity index (χ4n) is 2.82. The quantitative estimate of drug-likeness (QED) is 0.526. The van der Waals surface area contributed by atoms with Crippen LogP contribution < -0.4 is 10.0 Å². The summed E-state index contributed by atoms with van der Waals surface area (Å²) in [6.45, 7) is 7.82. The van der Waals surface area contributed by atoms with Crippen molar-refractivity contribution in [3.05, 3.63) is 57.2 Å². The van der Waals surface area contributed by atoms with Crippen LogP contribution in [0.3, 0.4) is 0 Å². The first-order valence-corrected chi connectivity index (χ1v) is 12.7. The van der Waals surface area contributed by atoms with Crippen molar-refractivity contribution in [3.8, 4) is 10.6 Å². The van der Waals surface area contributed by atoms with Crippen LogP contribution in [0.1, 0.15) is 29.3 Å². The van der Waals surface area contributed by atoms with Crippen LogP contribution in [0.2, 0.25) is 0 Å². The molecule has 0 spiro atoms. The third kappa shape index (κ3) is 5.54. The van der Waals surface area contributed by atoms with Crippen LogP contribution >= 0.6 is 22.7 Å². The smallest absolute Gasteiger partial charge is 0.241 e. The minimum absolute atomic E-state index is 0.146. The highest BCUT2D eigenvalue weighted by Crippen LogP contribution is 2.29. The van der Waals surface area contributed by atoms with E-state index in [1.807, 2.05) is 45.2 Å². The standard InChI is InChI=1S/C21H25N3O3S3/c1-13(2)20(24-30(26,27)17-8-5-14(3)6-9-17)21(25)22-11-16-7-10-19(29-16)18-12-28-15(4)23-18/h5-10,12-13,20,24H,11H2,1-4H3,(H,22,25)/t20-/m1/s1. The summed E-state index contributed by atoms with van der Waals surface area (Å²) in [7, 11) is -3.79. The Kier molecular flexibility index (Phi) is 7.07. The highest BCUT2D eigenvalue weighted by atomic mass is 32.2. The third-order valence-corrected chi connectivity index (χ3v) is 7.87. The summed E-state index contributed by atoms with van der Waals surface area (Å²) in [5, 5.41) is 5.88. The summed E-state index contributed by atoms with van der Waals surface area (Å²) >= 11 is 3.16. The molecule has 0 radical (unpaired) electrons. The van der Waals surface area contributed by atoms with Gasteiger partial charge < -0.3 is 5.32 Å². The molecule has 160 valence electrons. The first kappa shape index (κ1) is 22.6. The molecule has 0 aliphatic heterocycles. The Labute approximate surface area is 185 Å². The van der Waals surface area contributed by atoms with Gasteiger partial charge in [0.2, 0.25) is 15.9 Å². The molecule has 0 fully saturated rings. The second-order valence-electron chi connectivity index (χ2n) is 7.39. The van der Waals surface area contributed by atoms with Gasteiger partial charge in [-0.15, -0.1) is 22.7 Å². The lowest BCUT2D eigenvalue weighted by molar-refractivity contribution is -0.123. The van der Waals surface area contributed by atoms with Crippen LogP contribution in [0.15, 0.2) is 46.7 Å². The highest BCUT2D eigenvalue weighted by molar-refractivity contribution is 7.89. The first-order valence-electron chi connectivity index (χ1n) is 9.53. The van der Waals surface area contributed by atoms with Gasteiger partial charge in [-0.25, -0.2) is 13.4 Å². The number of aromatic nitrogens is 1. The maximum Gasteiger partial charge on any atom is 0.241 e. The molecule has 2 aromatic heterocycles. The summed E-state index contributed by atoms with van der Waals surface area (Å²) < 4.78 is 28.0. The predicted molar refractivity (Wildman–Crippen MR) is 122 cm³/mol. The first-order chi connectivity index (χ1) is 14.2. The van der Waals surface area contributed by atoms with Gasteiger partial charge in [-0.2, -0.15) is 4.72 Å². The maximum absolute atomic E-state index is 12.8. The van der Waals surface area contributed by atoms with E-state index in [1.165, 1.54) is 0 Å². The number of hydrogen-bond acceptors (Lipinski definition) is 6. The number of thiophene rings is 1. The van der Waals surface area contributed by atoms with Crippen molar-refractivity contribution < 1.29 is 13.2 Å². The molecule has 30 heavy (non-hydrogen) atoms. The Morgan fingerprint density at radius 1 is 1.10 bits per heavy atom. The number of nitrogens with one attached hydrogen (secondary N) is 2. The largest absolute Gasteiger partial charge is 0.350 e. The molecule has 0 aliphatic carbocycles. The lowest BCUT2D eigenvalue weighted by Gasteiger charge is -2.21. The van der Waals surface area contributed by atoms with Crippen LogP contribution in [-0.4, -0.2) is 25.4 Å². The molecule has 0 aliphatic rings. The average Bonchev–Trinajstić information content (AvgIpc) is 3.33. The van der Waals surface area contributed by atoms with Gasteiger partial charge in [0.05, 0.1) is 27.0 Å². The molecule has 0 saturated heterocycles. The molecule has 3 rings (SSSR count). The zero-order valence-electron chi connectivity index (χ0n) is 17.3. The fraction of sp³-hybridized carbons (Fsp3) is 0.333. The van der Waals surface area contributed by atoms with Crippen molar-refractivity contribution in [3.63, 3.8) is 0 Å². The highest BCUT2D eigenvalue weighted by Gasteiger charge is 2.28. The van der Waals surface area contributed by atoms with Gasteiger partial charge in [0.1, 0.15) is 6.04 Å². The Hall–Kier alpha value is -2.07. The van der Waals surface area contributed by atoms with Crippen LogP contribution in [0.4, 0.5) is 0 Å². The molecule has 0 bridgehead atoms. The molecule has 1 atom stereocenters. The summed E-state index contributed by atoms with van der Waals surface area (Å²) in [5.41, 5.74) is 1.90. The monoisotopic (exact) mass is 463 g/mol. The van der Waals surface area contributed by atoms with Gasteiger partial charge in [-0.05, 0) is 44.0 Å². The van der Waals surface area contributed by atoms with Gasteiger partial charge in [-0.3, -0.25) is 4.79 Å². The molecular formula is C21H25N3O3S3. The van der Waals surface area contributed by atoms with Gasteiger partial charge in [-0.1, -0.05) is 31.5 Å². The number of hydrogen-bond donors (Lipinski definition) is 2. The summed E-state index contributed by atoms with van der Waals surface area (Å²) in [5.74, 6) is -0.553. The van der Waals surface area contributed by atoms with E-state index in [2.05, 4.69) is 15.0 Å². The van der Waals surface area contributed by atoms with Gasteiger partial charge >= 0.3 is 0 Å². The molecule has 9 heteroatoms. The Bertz CT molecular complexity index is 1120. The van der Waals surface area contributed by atoms with Crippen LogP contribution in [0.25, 0.3) is 10.6 Å². The van der Waals surface area contributed by atoms with Crippen molar-refractivity contribution in [2.24, 2.45) is 5.92 Å². The Balaban J connectivity index is 1.66. The van der Waals surface area contributed by atoms with E-state index < -0.39 is 16.1 Å². The van der Waals surface area contributed by atoms with Crippen molar-refractivity contribution in [1.29, 1.82) is 0 Å². The van der Waals surface area contributed by atoms with Gasteiger partial charge in [0.15, 0.2) is 0 Å². The number of nitrogens with zero attached hydrogens (tertiary/aromatic N) is 1. The van der Waals surface area contributed by atoms with E-state index in [-0.39, 0.29) is 16.7 Å². The van der Waals surface area contributed by atoms with Gasteiger partial charge in [0.25, 0.3) is 0 Å². The number of amides is 1. The van der Waals surface area contributed by atoms with E-state index in [1.54, 1.807) is 46.9 Å². The SMILES string of the molecule is Cc1ccc(S(=O)(=O)N[C@@H](C(=O)NCc2ccc(-c3csc(C)n3)s2)C(C)C)cc1. The van der Waals surface area contributed by atoms with E-state index in [0.717, 1.165) is 26.0 Å². The summed E-state index contributed by atoms with van der Waals surface area (Å²) in [4.78, 5) is 19.4. The molecule has 0 saturated carbocycles. The molecular weight excluding hydrogens is 438 g/mol. The summed E-state index contributed by atoms with van der Waals surface area (Å²) in [6, 6.07) is 9.63. The lowest BCUT2D eigenvalue weighted by Crippen LogP contribution is -2.49. The van der Waals surface area contributed by atoms with E-state index >= 15 is 0 Å². The normalized spacial score (nSPS) is 12.8. The topological polar surface area (TPSA) is 88.2 Å². The van der Waals surface area contributed by atoms with Crippen molar-refractivity contribution >= 4 is 38.6 Å². The third-order valence-electron chi connectivity index (χ3n) is 4.53. The van der Waals surface area contributed by atoms with Crippen molar-refractivity contribution in [2.75, 3.05) is 0 Å². The van der Waals surface area contributed by atoms with Crippen LogP contribution in [0, 0.1) is 19.8 Å². The predicted octanol–water partition coefficient (Wildman–Crippen LogP) is 4.11. The molecule has 3 aromatic rings. The van der Waals surface area contributed by atoms with Crippen molar-refractivity contribution in [1.82, 2.24) is 15.0 Å². The molecule has 6 nitrogen and oxygen atoms in total. The second kappa shape index (κ2) is 9.38. The summed E-state index contributed by atoms with van der Waals surface area (Å²) in [6.07, 6.45) is 0. The molecule has 2 heterocycles. The molecule has 2 N–H and O–H groups in total. The molecule has 1 aromatic carbocycles. The maximum atomic E-state index is 12.8. The number of aryl methyl sites for hydroxylation is 2. The van der Waals surface area contributed by atoms with Crippen molar-refractivity contribution in [2.45, 2.75) is 45.2 Å². The minimum atomic E-state index is -3.79. The van der Waals surface area contributed by atoms with E-state index in [0.29, 0.717) is 6.54 Å². The number of carbonyl (C=O) groups excluding carboxylic acids is 1. The number of carbonyl (C=O) groups is 1. The van der Waals surface area contributed by atoms with E-state index in [4.69, 9.17) is 0 Å². The molecule has 0 unspecified atom stereocenters. The van der Waals surface area contributed by atoms with Crippen LogP contribution in [0.5, 0.6) is 0 Å². The van der Waals surface area contributed by atoms with Gasteiger partial charge in [0, 0.05) is 10.3 Å². The number of sulfonamides is 1. The Morgan fingerprint density at radius 3 is 2.40 bits per heavy atom. The minimum Gasteiger partial charge on any atom is -0.350 e.